The number of hydrazone groups is 1. The average molecular weight is 417 g/mol. The summed E-state index contributed by atoms with van der Waals surface area (Å²) in [5.74, 6) is 0.406. The van der Waals surface area contributed by atoms with E-state index in [1.165, 1.54) is 52.9 Å². The van der Waals surface area contributed by atoms with Crippen LogP contribution in [0.25, 0.3) is 0 Å². The highest BCUT2D eigenvalue weighted by molar-refractivity contribution is 5.97. The van der Waals surface area contributed by atoms with Crippen molar-refractivity contribution in [2.45, 2.75) is 0 Å². The smallest absolute Gasteiger partial charge is 0.259 e. The molecule has 0 unspecified atom stereocenters. The number of aromatic hydroxyl groups is 1. The zero-order chi connectivity index (χ0) is 22.1. The lowest BCUT2D eigenvalue weighted by Crippen LogP contribution is -2.34. The summed E-state index contributed by atoms with van der Waals surface area (Å²) in [5, 5.41) is 16.0. The summed E-state index contributed by atoms with van der Waals surface area (Å²) >= 11 is 0. The zero-order valence-electron chi connectivity index (χ0n) is 17.0. The Morgan fingerprint density at radius 2 is 1.67 bits per heavy atom. The van der Waals surface area contributed by atoms with E-state index in [1.807, 2.05) is 0 Å². The Hall–Kier alpha value is -3.95. The first-order valence-corrected chi connectivity index (χ1v) is 8.70. The van der Waals surface area contributed by atoms with Gasteiger partial charge in [-0.05, 0) is 30.3 Å². The van der Waals surface area contributed by atoms with E-state index >= 15 is 0 Å². The van der Waals surface area contributed by atoms with Crippen LogP contribution in [0.3, 0.4) is 0 Å². The Kier molecular flexibility index (Phi) is 7.86. The monoisotopic (exact) mass is 417 g/mol. The van der Waals surface area contributed by atoms with Crippen LogP contribution in [0.15, 0.2) is 35.4 Å². The molecule has 0 heterocycles. The van der Waals surface area contributed by atoms with Crippen LogP contribution >= 0.6 is 0 Å². The van der Waals surface area contributed by atoms with Crippen LogP contribution < -0.4 is 29.7 Å². The molecule has 0 radical (unpaired) electrons. The molecule has 0 aliphatic heterocycles. The molecule has 2 rings (SSSR count). The summed E-state index contributed by atoms with van der Waals surface area (Å²) in [4.78, 5) is 24.3. The number of rotatable bonds is 9. The van der Waals surface area contributed by atoms with Crippen molar-refractivity contribution in [2.75, 3.05) is 35.0 Å². The van der Waals surface area contributed by atoms with Crippen molar-refractivity contribution in [1.29, 1.82) is 0 Å². The quantitative estimate of drug-likeness (QED) is 0.415. The molecule has 30 heavy (non-hydrogen) atoms. The summed E-state index contributed by atoms with van der Waals surface area (Å²) in [6.07, 6.45) is 1.26. The maximum atomic E-state index is 12.4. The van der Waals surface area contributed by atoms with Crippen LogP contribution in [0.2, 0.25) is 0 Å². The van der Waals surface area contributed by atoms with Gasteiger partial charge in [-0.15, -0.1) is 0 Å². The molecule has 3 N–H and O–H groups in total. The van der Waals surface area contributed by atoms with Crippen molar-refractivity contribution >= 4 is 18.0 Å². The number of methoxy groups -OCH3 is 4. The number of nitrogens with one attached hydrogen (secondary N) is 2. The highest BCUT2D eigenvalue weighted by Crippen LogP contribution is 2.38. The molecule has 0 bridgehead atoms. The van der Waals surface area contributed by atoms with Crippen molar-refractivity contribution in [3.63, 3.8) is 0 Å². The number of ether oxygens (including phenoxy) is 4. The van der Waals surface area contributed by atoms with Crippen LogP contribution in [0, 0.1) is 0 Å². The molecule has 0 fully saturated rings. The Morgan fingerprint density at radius 3 is 2.23 bits per heavy atom. The molecule has 10 nitrogen and oxygen atoms in total. The van der Waals surface area contributed by atoms with E-state index < -0.39 is 11.8 Å². The summed E-state index contributed by atoms with van der Waals surface area (Å²) in [6.45, 7) is -0.322. The van der Waals surface area contributed by atoms with Gasteiger partial charge in [0, 0.05) is 11.1 Å². The first-order chi connectivity index (χ1) is 14.4. The molecule has 0 spiro atoms. The number of amides is 2. The van der Waals surface area contributed by atoms with Gasteiger partial charge in [0.1, 0.15) is 11.5 Å². The SMILES string of the molecule is COc1ccc(O)c(/C=N\NC(=O)CNC(=O)c2cc(OC)c(OC)c(OC)c2)c1. The third kappa shape index (κ3) is 5.53. The standard InChI is InChI=1S/C20H23N3O7/c1-27-14-5-6-15(24)13(7-14)10-22-23-18(25)11-21-20(26)12-8-16(28-2)19(30-4)17(9-12)29-3/h5-10,24H,11H2,1-4H3,(H,21,26)(H,23,25)/b22-10-. The highest BCUT2D eigenvalue weighted by Gasteiger charge is 2.17. The minimum Gasteiger partial charge on any atom is -0.507 e. The number of carbonyl (C=O) groups is 2. The Bertz CT molecular complexity index is 919. The minimum atomic E-state index is -0.561. The second-order valence-electron chi connectivity index (χ2n) is 5.81. The maximum Gasteiger partial charge on any atom is 0.259 e. The van der Waals surface area contributed by atoms with Gasteiger partial charge >= 0.3 is 0 Å². The molecule has 0 saturated carbocycles. The van der Waals surface area contributed by atoms with E-state index in [0.717, 1.165) is 0 Å². The van der Waals surface area contributed by atoms with E-state index in [4.69, 9.17) is 18.9 Å². The molecule has 0 aliphatic rings. The summed E-state index contributed by atoms with van der Waals surface area (Å²) in [7, 11) is 5.82. The first kappa shape index (κ1) is 22.3. The van der Waals surface area contributed by atoms with Gasteiger partial charge in [0.2, 0.25) is 5.75 Å². The molecule has 0 aliphatic carbocycles. The second-order valence-corrected chi connectivity index (χ2v) is 5.81. The fraction of sp³-hybridized carbons (Fsp3) is 0.250. The molecular weight excluding hydrogens is 394 g/mol. The van der Waals surface area contributed by atoms with Crippen LogP contribution in [0.4, 0.5) is 0 Å². The van der Waals surface area contributed by atoms with Crippen molar-refractivity contribution in [3.05, 3.63) is 41.5 Å². The molecule has 10 heteroatoms. The third-order valence-corrected chi connectivity index (χ3v) is 3.96. The van der Waals surface area contributed by atoms with Gasteiger partial charge < -0.3 is 29.4 Å². The molecule has 2 aromatic carbocycles. The average Bonchev–Trinajstić information content (AvgIpc) is 2.77. The number of benzene rings is 2. The topological polar surface area (TPSA) is 128 Å². The van der Waals surface area contributed by atoms with E-state index in [1.54, 1.807) is 12.1 Å². The molecule has 0 atom stereocenters. The number of carbonyl (C=O) groups excluding carboxylic acids is 2. The fourth-order valence-corrected chi connectivity index (χ4v) is 2.45. The Labute approximate surface area is 173 Å². The van der Waals surface area contributed by atoms with E-state index in [2.05, 4.69) is 15.8 Å². The van der Waals surface area contributed by atoms with Gasteiger partial charge in [-0.1, -0.05) is 0 Å². The van der Waals surface area contributed by atoms with Crippen LogP contribution in [-0.2, 0) is 4.79 Å². The summed E-state index contributed by atoms with van der Waals surface area (Å²) < 4.78 is 20.7. The van der Waals surface area contributed by atoms with Crippen molar-refractivity contribution in [3.8, 4) is 28.7 Å². The molecule has 2 aromatic rings. The minimum absolute atomic E-state index is 0.0236. The molecule has 160 valence electrons. The maximum absolute atomic E-state index is 12.4. The highest BCUT2D eigenvalue weighted by atomic mass is 16.5. The van der Waals surface area contributed by atoms with Crippen LogP contribution in [0.5, 0.6) is 28.7 Å². The van der Waals surface area contributed by atoms with Crippen LogP contribution in [-0.4, -0.2) is 58.1 Å². The molecule has 0 aromatic heterocycles. The Morgan fingerprint density at radius 1 is 1.00 bits per heavy atom. The summed E-state index contributed by atoms with van der Waals surface area (Å²) in [5.41, 5.74) is 2.84. The normalized spacial score (nSPS) is 10.4. The third-order valence-electron chi connectivity index (χ3n) is 3.96. The fourth-order valence-electron chi connectivity index (χ4n) is 2.45. The van der Waals surface area contributed by atoms with E-state index in [0.29, 0.717) is 28.6 Å². The molecule has 0 saturated heterocycles. The number of hydrogen-bond acceptors (Lipinski definition) is 8. The largest absolute Gasteiger partial charge is 0.507 e. The molecular formula is C20H23N3O7. The lowest BCUT2D eigenvalue weighted by atomic mass is 10.1. The van der Waals surface area contributed by atoms with Gasteiger partial charge in [0.15, 0.2) is 11.5 Å². The van der Waals surface area contributed by atoms with Gasteiger partial charge in [-0.25, -0.2) is 5.43 Å². The zero-order valence-corrected chi connectivity index (χ0v) is 17.0. The number of nitrogens with zero attached hydrogens (tertiary/aromatic N) is 1. The lowest BCUT2D eigenvalue weighted by Gasteiger charge is -2.14. The second kappa shape index (κ2) is 10.6. The number of phenolic OH excluding ortho intramolecular Hbond substituents is 1. The summed E-state index contributed by atoms with van der Waals surface area (Å²) in [6, 6.07) is 7.53. The van der Waals surface area contributed by atoms with Gasteiger partial charge in [0.25, 0.3) is 11.8 Å². The van der Waals surface area contributed by atoms with E-state index in [9.17, 15) is 14.7 Å². The number of hydrogen-bond donors (Lipinski definition) is 3. The number of phenols is 1. The van der Waals surface area contributed by atoms with Gasteiger partial charge in [-0.2, -0.15) is 5.10 Å². The van der Waals surface area contributed by atoms with E-state index in [-0.39, 0.29) is 17.9 Å². The lowest BCUT2D eigenvalue weighted by molar-refractivity contribution is -0.120. The Balaban J connectivity index is 1.97. The first-order valence-electron chi connectivity index (χ1n) is 8.70. The van der Waals surface area contributed by atoms with Gasteiger partial charge in [0.05, 0.1) is 41.2 Å². The predicted octanol–water partition coefficient (Wildman–Crippen LogP) is 1.31. The predicted molar refractivity (Wildman–Crippen MR) is 109 cm³/mol. The van der Waals surface area contributed by atoms with Crippen molar-refractivity contribution in [2.24, 2.45) is 5.10 Å². The molecule has 2 amide bonds. The van der Waals surface area contributed by atoms with Crippen molar-refractivity contribution in [1.82, 2.24) is 10.7 Å². The van der Waals surface area contributed by atoms with Crippen LogP contribution in [0.1, 0.15) is 15.9 Å². The van der Waals surface area contributed by atoms with Crippen molar-refractivity contribution < 1.29 is 33.6 Å². The van der Waals surface area contributed by atoms with Gasteiger partial charge in [-0.3, -0.25) is 9.59 Å².